The number of nitrogens with zero attached hydrogens (tertiary/aromatic N) is 2. The first-order chi connectivity index (χ1) is 18.4. The maximum absolute atomic E-state index is 13.3. The number of ether oxygens (including phenoxy) is 1. The van der Waals surface area contributed by atoms with Gasteiger partial charge in [-0.25, -0.2) is 0 Å². The molecule has 1 atom stereocenters. The average molecular weight is 511 g/mol. The lowest BCUT2D eigenvalue weighted by atomic mass is 10.1. The lowest BCUT2D eigenvalue weighted by Gasteiger charge is -2.30. The van der Waals surface area contributed by atoms with Crippen LogP contribution in [0.3, 0.4) is 0 Å². The van der Waals surface area contributed by atoms with E-state index >= 15 is 0 Å². The second-order valence-corrected chi connectivity index (χ2v) is 10.0. The molecule has 1 aliphatic rings. The number of rotatable bonds is 8. The van der Waals surface area contributed by atoms with Crippen molar-refractivity contribution in [2.75, 3.05) is 18.4 Å². The highest BCUT2D eigenvalue weighted by Gasteiger charge is 2.18. The molecule has 0 spiro atoms. The second kappa shape index (κ2) is 11.6. The summed E-state index contributed by atoms with van der Waals surface area (Å²) in [6.07, 6.45) is 6.28. The summed E-state index contributed by atoms with van der Waals surface area (Å²) in [6.45, 7) is 4.73. The van der Waals surface area contributed by atoms with Crippen LogP contribution in [-0.4, -0.2) is 39.6 Å². The number of anilines is 1. The molecule has 1 fully saturated rings. The number of nitrogens with two attached hydrogens (primary N) is 1. The van der Waals surface area contributed by atoms with Crippen LogP contribution in [0.4, 0.5) is 5.69 Å². The summed E-state index contributed by atoms with van der Waals surface area (Å²) in [4.78, 5) is 15.7. The molecule has 2 heterocycles. The lowest BCUT2D eigenvalue weighted by molar-refractivity contribution is 0.102. The van der Waals surface area contributed by atoms with Gasteiger partial charge < -0.3 is 25.5 Å². The number of amides is 1. The number of benzene rings is 3. The summed E-state index contributed by atoms with van der Waals surface area (Å²) in [5, 5.41) is 12.3. The van der Waals surface area contributed by atoms with Gasteiger partial charge in [-0.2, -0.15) is 0 Å². The van der Waals surface area contributed by atoms with Gasteiger partial charge in [0, 0.05) is 48.5 Å². The Morgan fingerprint density at radius 1 is 1.05 bits per heavy atom. The first kappa shape index (κ1) is 25.7. The molecule has 0 saturated carbocycles. The van der Waals surface area contributed by atoms with Crippen molar-refractivity contribution in [1.82, 2.24) is 9.47 Å². The van der Waals surface area contributed by atoms with Gasteiger partial charge in [0.25, 0.3) is 5.91 Å². The quantitative estimate of drug-likeness (QED) is 0.301. The molecule has 38 heavy (non-hydrogen) atoms. The number of nitrogens with one attached hydrogen (secondary N) is 1. The van der Waals surface area contributed by atoms with E-state index in [2.05, 4.69) is 40.0 Å². The van der Waals surface area contributed by atoms with Gasteiger partial charge in [-0.3, -0.25) is 9.69 Å². The summed E-state index contributed by atoms with van der Waals surface area (Å²) in [5.74, 6) is 0.988. The van der Waals surface area contributed by atoms with Crippen molar-refractivity contribution in [1.29, 1.82) is 0 Å². The zero-order chi connectivity index (χ0) is 26.5. The number of hydrogen-bond donors (Lipinski definition) is 3. The SMILES string of the molecule is Cc1ccn(-c2cc(CN3CCC[C@H](N)C3)cc(NC(=O)c3cccc(Oc4ccc(CO)cc4)c3)c2)c1. The molecule has 0 bridgehead atoms. The number of aryl methyl sites for hydroxylation is 1. The molecule has 1 aromatic heterocycles. The maximum atomic E-state index is 13.3. The molecule has 7 heteroatoms. The highest BCUT2D eigenvalue weighted by Crippen LogP contribution is 2.25. The van der Waals surface area contributed by atoms with E-state index in [0.29, 0.717) is 17.1 Å². The monoisotopic (exact) mass is 510 g/mol. The van der Waals surface area contributed by atoms with Gasteiger partial charge in [0.15, 0.2) is 0 Å². The maximum Gasteiger partial charge on any atom is 0.255 e. The minimum absolute atomic E-state index is 0.0195. The van der Waals surface area contributed by atoms with Crippen molar-refractivity contribution in [2.24, 2.45) is 5.73 Å². The van der Waals surface area contributed by atoms with E-state index < -0.39 is 0 Å². The fourth-order valence-electron chi connectivity index (χ4n) is 4.85. The van der Waals surface area contributed by atoms with E-state index in [9.17, 15) is 9.90 Å². The van der Waals surface area contributed by atoms with Gasteiger partial charge >= 0.3 is 0 Å². The number of aliphatic hydroxyl groups is 1. The molecule has 3 aromatic carbocycles. The van der Waals surface area contributed by atoms with Crippen molar-refractivity contribution < 1.29 is 14.6 Å². The van der Waals surface area contributed by atoms with E-state index in [1.54, 1.807) is 42.5 Å². The van der Waals surface area contributed by atoms with Gasteiger partial charge in [-0.15, -0.1) is 0 Å². The van der Waals surface area contributed by atoms with Gasteiger partial charge in [-0.05, 0) is 97.6 Å². The topological polar surface area (TPSA) is 92.8 Å². The first-order valence-corrected chi connectivity index (χ1v) is 13.0. The van der Waals surface area contributed by atoms with Crippen molar-refractivity contribution in [2.45, 2.75) is 39.0 Å². The highest BCUT2D eigenvalue weighted by molar-refractivity contribution is 6.04. The van der Waals surface area contributed by atoms with Crippen LogP contribution in [0.5, 0.6) is 11.5 Å². The first-order valence-electron chi connectivity index (χ1n) is 13.0. The number of aliphatic hydroxyl groups excluding tert-OH is 1. The summed E-state index contributed by atoms with van der Waals surface area (Å²) in [6, 6.07) is 22.8. The zero-order valence-electron chi connectivity index (χ0n) is 21.6. The molecule has 0 unspecified atom stereocenters. The Bertz CT molecular complexity index is 1400. The minimum Gasteiger partial charge on any atom is -0.457 e. The van der Waals surface area contributed by atoms with Crippen molar-refractivity contribution >= 4 is 11.6 Å². The lowest BCUT2D eigenvalue weighted by Crippen LogP contribution is -2.42. The predicted octanol–water partition coefficient (Wildman–Crippen LogP) is 5.25. The number of likely N-dealkylation sites (tertiary alicyclic amines) is 1. The van der Waals surface area contributed by atoms with Crippen molar-refractivity contribution in [3.63, 3.8) is 0 Å². The van der Waals surface area contributed by atoms with Gasteiger partial charge in [-0.1, -0.05) is 18.2 Å². The molecular weight excluding hydrogens is 476 g/mol. The van der Waals surface area contributed by atoms with Crippen molar-refractivity contribution in [3.8, 4) is 17.2 Å². The number of piperidine rings is 1. The molecule has 196 valence electrons. The summed E-state index contributed by atoms with van der Waals surface area (Å²) in [5.41, 5.74) is 11.6. The third-order valence-corrected chi connectivity index (χ3v) is 6.76. The van der Waals surface area contributed by atoms with Crippen molar-refractivity contribution in [3.05, 3.63) is 107 Å². The minimum atomic E-state index is -0.210. The fourth-order valence-corrected chi connectivity index (χ4v) is 4.85. The summed E-state index contributed by atoms with van der Waals surface area (Å²) < 4.78 is 8.01. The third kappa shape index (κ3) is 6.50. The van der Waals surface area contributed by atoms with Gasteiger partial charge in [0.2, 0.25) is 0 Å². The Kier molecular flexibility index (Phi) is 7.89. The normalized spacial score (nSPS) is 15.8. The molecule has 1 aliphatic heterocycles. The second-order valence-electron chi connectivity index (χ2n) is 10.0. The average Bonchev–Trinajstić information content (AvgIpc) is 3.35. The molecule has 4 N–H and O–H groups in total. The van der Waals surface area contributed by atoms with Crippen LogP contribution in [0.25, 0.3) is 5.69 Å². The van der Waals surface area contributed by atoms with Crippen LogP contribution in [0.2, 0.25) is 0 Å². The molecule has 1 amide bonds. The Hall–Kier alpha value is -3.91. The predicted molar refractivity (Wildman–Crippen MR) is 150 cm³/mol. The Morgan fingerprint density at radius 3 is 2.63 bits per heavy atom. The molecule has 5 rings (SSSR count). The smallest absolute Gasteiger partial charge is 0.255 e. The summed E-state index contributed by atoms with van der Waals surface area (Å²) >= 11 is 0. The standard InChI is InChI=1S/C31H34N4O3/c1-22-11-13-35(18-22)28-15-24(19-34-12-3-5-26(32)20-34)14-27(17-28)33-31(37)25-4-2-6-30(16-25)38-29-9-7-23(21-36)8-10-29/h2,4,6-11,13-18,26,36H,3,5,12,19-21,32H2,1H3,(H,33,37)/t26-/m0/s1. The molecule has 0 radical (unpaired) electrons. The molecule has 1 saturated heterocycles. The largest absolute Gasteiger partial charge is 0.457 e. The van der Waals surface area contributed by atoms with Crippen LogP contribution in [0.15, 0.2) is 85.2 Å². The number of carbonyl (C=O) groups is 1. The van der Waals surface area contributed by atoms with Gasteiger partial charge in [0.05, 0.1) is 6.61 Å². The molecule has 4 aromatic rings. The van der Waals surface area contributed by atoms with Crippen LogP contribution in [-0.2, 0) is 13.2 Å². The highest BCUT2D eigenvalue weighted by atomic mass is 16.5. The van der Waals surface area contributed by atoms with E-state index in [1.165, 1.54) is 5.56 Å². The van der Waals surface area contributed by atoms with Gasteiger partial charge in [0.1, 0.15) is 11.5 Å². The van der Waals surface area contributed by atoms with Crippen LogP contribution in [0.1, 0.15) is 39.9 Å². The molecular formula is C31H34N4O3. The molecule has 7 nitrogen and oxygen atoms in total. The summed E-state index contributed by atoms with van der Waals surface area (Å²) in [7, 11) is 0. The van der Waals surface area contributed by atoms with E-state index in [1.807, 2.05) is 24.4 Å². The van der Waals surface area contributed by atoms with E-state index in [0.717, 1.165) is 55.0 Å². The molecule has 0 aliphatic carbocycles. The Labute approximate surface area is 223 Å². The third-order valence-electron chi connectivity index (χ3n) is 6.76. The van der Waals surface area contributed by atoms with Crippen LogP contribution < -0.4 is 15.8 Å². The zero-order valence-corrected chi connectivity index (χ0v) is 21.6. The van der Waals surface area contributed by atoms with Crippen LogP contribution in [0, 0.1) is 6.92 Å². The van der Waals surface area contributed by atoms with E-state index in [4.69, 9.17) is 10.5 Å². The fraction of sp³-hybridized carbons (Fsp3) is 0.258. The number of carbonyl (C=O) groups excluding carboxylic acids is 1. The van der Waals surface area contributed by atoms with Crippen LogP contribution >= 0.6 is 0 Å². The number of aromatic nitrogens is 1. The Balaban J connectivity index is 1.35. The van der Waals surface area contributed by atoms with E-state index in [-0.39, 0.29) is 18.6 Å². The Morgan fingerprint density at radius 2 is 1.89 bits per heavy atom. The number of hydrogen-bond acceptors (Lipinski definition) is 5.